The van der Waals surface area contributed by atoms with Gasteiger partial charge in [-0.1, -0.05) is 17.3 Å². The van der Waals surface area contributed by atoms with E-state index in [1.54, 1.807) is 11.9 Å². The third-order valence-electron chi connectivity index (χ3n) is 5.25. The minimum atomic E-state index is -0.117. The second-order valence-corrected chi connectivity index (χ2v) is 7.91. The fourth-order valence-corrected chi connectivity index (χ4v) is 3.56. The smallest absolute Gasteiger partial charge is 0.254 e. The topological polar surface area (TPSA) is 86.3 Å². The molecule has 0 atom stereocenters. The lowest BCUT2D eigenvalue weighted by atomic mass is 10.1. The number of carbonyl (C=O) groups excluding carboxylic acids is 1. The highest BCUT2D eigenvalue weighted by Gasteiger charge is 2.16. The summed E-state index contributed by atoms with van der Waals surface area (Å²) >= 11 is 0. The lowest BCUT2D eigenvalue weighted by molar-refractivity contribution is 0.0769. The van der Waals surface area contributed by atoms with Crippen molar-refractivity contribution in [2.24, 2.45) is 0 Å². The molecule has 0 saturated carbocycles. The summed E-state index contributed by atoms with van der Waals surface area (Å²) in [6.07, 6.45) is 0. The van der Waals surface area contributed by atoms with Gasteiger partial charge in [0.15, 0.2) is 0 Å². The molecule has 0 saturated heterocycles. The summed E-state index contributed by atoms with van der Waals surface area (Å²) in [5.74, 6) is 1.52. The van der Waals surface area contributed by atoms with Crippen LogP contribution >= 0.6 is 0 Å². The number of benzene rings is 2. The molecule has 2 heterocycles. The van der Waals surface area contributed by atoms with E-state index in [1.807, 2.05) is 80.1 Å². The van der Waals surface area contributed by atoms with Crippen molar-refractivity contribution >= 4 is 5.91 Å². The van der Waals surface area contributed by atoms with Crippen molar-refractivity contribution in [3.8, 4) is 17.1 Å². The molecule has 2 aromatic carbocycles. The van der Waals surface area contributed by atoms with Crippen molar-refractivity contribution in [2.75, 3.05) is 13.7 Å². The maximum atomic E-state index is 12.9. The summed E-state index contributed by atoms with van der Waals surface area (Å²) in [6, 6.07) is 17.1. The van der Waals surface area contributed by atoms with E-state index in [1.165, 1.54) is 0 Å². The number of rotatable bonds is 8. The van der Waals surface area contributed by atoms with Crippen LogP contribution in [0.4, 0.5) is 0 Å². The van der Waals surface area contributed by atoms with Crippen LogP contribution < -0.4 is 4.74 Å². The first-order valence-electron chi connectivity index (χ1n) is 10.8. The predicted molar refractivity (Wildman–Crippen MR) is 124 cm³/mol. The molecule has 0 aliphatic rings. The number of amides is 1. The molecule has 0 aliphatic heterocycles. The Hall–Kier alpha value is -3.94. The number of hydrogen-bond donors (Lipinski definition) is 0. The molecule has 1 amide bonds. The van der Waals surface area contributed by atoms with Gasteiger partial charge >= 0.3 is 0 Å². The molecule has 0 radical (unpaired) electrons. The van der Waals surface area contributed by atoms with Crippen LogP contribution in [0.2, 0.25) is 0 Å². The van der Waals surface area contributed by atoms with Crippen molar-refractivity contribution in [1.29, 1.82) is 0 Å². The van der Waals surface area contributed by atoms with Crippen molar-refractivity contribution in [3.05, 3.63) is 83.0 Å². The van der Waals surface area contributed by atoms with Gasteiger partial charge in [-0.3, -0.25) is 9.48 Å². The van der Waals surface area contributed by atoms with E-state index >= 15 is 0 Å². The average molecular weight is 446 g/mol. The summed E-state index contributed by atoms with van der Waals surface area (Å²) in [5, 5.41) is 8.52. The lowest BCUT2D eigenvalue weighted by Gasteiger charge is -2.15. The summed E-state index contributed by atoms with van der Waals surface area (Å²) in [5.41, 5.74) is 4.60. The molecular weight excluding hydrogens is 418 g/mol. The highest BCUT2D eigenvalue weighted by Crippen LogP contribution is 2.20. The molecule has 8 heteroatoms. The Kier molecular flexibility index (Phi) is 6.53. The minimum absolute atomic E-state index is 0.117. The van der Waals surface area contributed by atoms with Crippen LogP contribution in [0, 0.1) is 13.8 Å². The molecule has 0 N–H and O–H groups in total. The van der Waals surface area contributed by atoms with Gasteiger partial charge in [0.05, 0.1) is 25.4 Å². The van der Waals surface area contributed by atoms with Crippen LogP contribution in [-0.2, 0) is 13.1 Å². The third-order valence-corrected chi connectivity index (χ3v) is 5.25. The predicted octanol–water partition coefficient (Wildman–Crippen LogP) is 4.27. The van der Waals surface area contributed by atoms with Crippen molar-refractivity contribution in [1.82, 2.24) is 24.8 Å². The molecule has 0 bridgehead atoms. The molecule has 4 aromatic rings. The van der Waals surface area contributed by atoms with Gasteiger partial charge in [-0.15, -0.1) is 0 Å². The quantitative estimate of drug-likeness (QED) is 0.403. The first kappa shape index (κ1) is 22.3. The van der Waals surface area contributed by atoms with Crippen LogP contribution in [0.5, 0.6) is 5.75 Å². The Labute approximate surface area is 192 Å². The Morgan fingerprint density at radius 3 is 2.45 bits per heavy atom. The van der Waals surface area contributed by atoms with Crippen LogP contribution in [-0.4, -0.2) is 44.4 Å². The molecule has 170 valence electrons. The number of carbonyl (C=O) groups is 1. The molecule has 0 aliphatic carbocycles. The Morgan fingerprint density at radius 2 is 1.82 bits per heavy atom. The Morgan fingerprint density at radius 1 is 1.09 bits per heavy atom. The zero-order valence-corrected chi connectivity index (χ0v) is 19.3. The zero-order chi connectivity index (χ0) is 23.4. The summed E-state index contributed by atoms with van der Waals surface area (Å²) in [6.45, 7) is 7.45. The third kappa shape index (κ3) is 5.28. The SMILES string of the molecule is CCOc1ccc(-c2noc(CN(C)C(=O)c3ccc(Cn4nc(C)cc4C)cc3)n2)cc1. The van der Waals surface area contributed by atoms with Crippen molar-refractivity contribution in [2.45, 2.75) is 33.9 Å². The van der Waals surface area contributed by atoms with Gasteiger partial charge in [0.2, 0.25) is 11.7 Å². The van der Waals surface area contributed by atoms with Crippen molar-refractivity contribution in [3.63, 3.8) is 0 Å². The van der Waals surface area contributed by atoms with Crippen molar-refractivity contribution < 1.29 is 14.1 Å². The second-order valence-electron chi connectivity index (χ2n) is 7.91. The van der Waals surface area contributed by atoms with E-state index < -0.39 is 0 Å². The zero-order valence-electron chi connectivity index (χ0n) is 19.3. The van der Waals surface area contributed by atoms with E-state index in [0.717, 1.165) is 28.3 Å². The van der Waals surface area contributed by atoms with E-state index in [0.29, 0.717) is 30.4 Å². The standard InChI is InChI=1S/C25H27N5O3/c1-5-32-22-12-10-20(11-13-22)24-26-23(33-28-24)16-29(4)25(31)21-8-6-19(7-9-21)15-30-18(3)14-17(2)27-30/h6-14H,5,15-16H2,1-4H3. The molecule has 33 heavy (non-hydrogen) atoms. The molecule has 0 spiro atoms. The number of aryl methyl sites for hydroxylation is 2. The lowest BCUT2D eigenvalue weighted by Crippen LogP contribution is -2.26. The molecule has 0 unspecified atom stereocenters. The normalized spacial score (nSPS) is 10.9. The van der Waals surface area contributed by atoms with E-state index in [-0.39, 0.29) is 12.5 Å². The Balaban J connectivity index is 1.38. The first-order chi connectivity index (χ1) is 15.9. The largest absolute Gasteiger partial charge is 0.494 e. The number of hydrogen-bond acceptors (Lipinski definition) is 6. The fourth-order valence-electron chi connectivity index (χ4n) is 3.56. The van der Waals surface area contributed by atoms with Crippen LogP contribution in [0.15, 0.2) is 59.1 Å². The van der Waals surface area contributed by atoms with Crippen LogP contribution in [0.1, 0.15) is 40.1 Å². The molecular formula is C25H27N5O3. The van der Waals surface area contributed by atoms with Gasteiger partial charge in [0.25, 0.3) is 5.91 Å². The highest BCUT2D eigenvalue weighted by molar-refractivity contribution is 5.94. The molecule has 4 rings (SSSR count). The molecule has 2 aromatic heterocycles. The Bertz CT molecular complexity index is 1230. The van der Waals surface area contributed by atoms with Gasteiger partial charge < -0.3 is 14.2 Å². The van der Waals surface area contributed by atoms with Gasteiger partial charge in [-0.25, -0.2) is 0 Å². The summed E-state index contributed by atoms with van der Waals surface area (Å²) in [7, 11) is 1.72. The number of nitrogens with zero attached hydrogens (tertiary/aromatic N) is 5. The highest BCUT2D eigenvalue weighted by atomic mass is 16.5. The number of ether oxygens (including phenoxy) is 1. The number of aromatic nitrogens is 4. The monoisotopic (exact) mass is 445 g/mol. The molecule has 0 fully saturated rings. The first-order valence-corrected chi connectivity index (χ1v) is 10.8. The molecule has 8 nitrogen and oxygen atoms in total. The summed E-state index contributed by atoms with van der Waals surface area (Å²) in [4.78, 5) is 18.8. The maximum absolute atomic E-state index is 12.9. The minimum Gasteiger partial charge on any atom is -0.494 e. The van der Waals surface area contributed by atoms with E-state index in [9.17, 15) is 4.79 Å². The van der Waals surface area contributed by atoms with Gasteiger partial charge in [-0.2, -0.15) is 10.1 Å². The van der Waals surface area contributed by atoms with Crippen LogP contribution in [0.25, 0.3) is 11.4 Å². The van der Waals surface area contributed by atoms with Gasteiger partial charge in [0.1, 0.15) is 5.75 Å². The fraction of sp³-hybridized carbons (Fsp3) is 0.280. The van der Waals surface area contributed by atoms with E-state index in [2.05, 4.69) is 15.2 Å². The average Bonchev–Trinajstić information content (AvgIpc) is 3.40. The maximum Gasteiger partial charge on any atom is 0.254 e. The summed E-state index contributed by atoms with van der Waals surface area (Å²) < 4.78 is 12.8. The second kappa shape index (κ2) is 9.68. The van der Waals surface area contributed by atoms with Gasteiger partial charge in [-0.05, 0) is 68.8 Å². The van der Waals surface area contributed by atoms with E-state index in [4.69, 9.17) is 9.26 Å². The van der Waals surface area contributed by atoms with Crippen LogP contribution in [0.3, 0.4) is 0 Å². The van der Waals surface area contributed by atoms with Gasteiger partial charge in [0, 0.05) is 23.9 Å².